The minimum absolute atomic E-state index is 0.113. The molecule has 3 N–H and O–H groups in total. The lowest BCUT2D eigenvalue weighted by molar-refractivity contribution is 0.0696. The maximum atomic E-state index is 11.2. The second-order valence-electron chi connectivity index (χ2n) is 4.58. The van der Waals surface area contributed by atoms with Crippen molar-refractivity contribution in [1.82, 2.24) is 9.97 Å². The highest BCUT2D eigenvalue weighted by atomic mass is 79.9. The largest absolute Gasteiger partial charge is 0.476 e. The van der Waals surface area contributed by atoms with Gasteiger partial charge in [-0.3, -0.25) is 4.79 Å². The average Bonchev–Trinajstić information content (AvgIpc) is 3.04. The molecule has 16 heteroatoms. The third kappa shape index (κ3) is 14.9. The molecule has 0 spiro atoms. The van der Waals surface area contributed by atoms with E-state index in [0.29, 0.717) is 9.21 Å². The molecule has 0 fully saturated rings. The molecule has 0 unspecified atom stereocenters. The van der Waals surface area contributed by atoms with E-state index in [4.69, 9.17) is 5.11 Å². The quantitative estimate of drug-likeness (QED) is 0.504. The predicted molar refractivity (Wildman–Crippen MR) is 110 cm³/mol. The molecular weight excluding hydrogens is 574 g/mol. The highest BCUT2D eigenvalue weighted by Crippen LogP contribution is 2.15. The number of sulfone groups is 1. The molecule has 10 nitrogen and oxygen atoms in total. The number of sulfonamides is 1. The fourth-order valence-corrected chi connectivity index (χ4v) is 4.02. The number of rotatable bonds is 4. The molecule has 0 saturated carbocycles. The third-order valence-corrected chi connectivity index (χ3v) is 5.69. The zero-order chi connectivity index (χ0) is 21.4. The molecular formula is C11H13Br2N3O7S4. The van der Waals surface area contributed by atoms with Crippen molar-refractivity contribution >= 4 is 86.1 Å². The van der Waals surface area contributed by atoms with Crippen LogP contribution < -0.4 is 5.14 Å². The fraction of sp³-hybridized carbons (Fsp3) is 0.273. The van der Waals surface area contributed by atoms with Crippen LogP contribution >= 0.6 is 54.5 Å². The second kappa shape index (κ2) is 11.3. The molecule has 152 valence electrons. The van der Waals surface area contributed by atoms with Gasteiger partial charge in [0.15, 0.2) is 14.8 Å². The van der Waals surface area contributed by atoms with Crippen LogP contribution in [0.15, 0.2) is 20.0 Å². The minimum atomic E-state index is -3.26. The van der Waals surface area contributed by atoms with Crippen LogP contribution in [0.3, 0.4) is 0 Å². The highest BCUT2D eigenvalue weighted by Gasteiger charge is 2.16. The number of nitrogens with two attached hydrogens (primary N) is 1. The first-order valence-electron chi connectivity index (χ1n) is 6.22. The monoisotopic (exact) mass is 585 g/mol. The van der Waals surface area contributed by atoms with Crippen molar-refractivity contribution in [1.29, 1.82) is 0 Å². The van der Waals surface area contributed by atoms with Crippen molar-refractivity contribution < 1.29 is 31.5 Å². The Morgan fingerprint density at radius 2 is 1.41 bits per heavy atom. The Balaban J connectivity index is 0.000000419. The minimum Gasteiger partial charge on any atom is -0.476 e. The number of carboxylic acids is 1. The lowest BCUT2D eigenvalue weighted by atomic mass is 10.5. The number of Topliss-reactive ketones (excluding diaryl/α,β-unsaturated/α-hetero) is 1. The van der Waals surface area contributed by atoms with Crippen LogP contribution in [-0.2, 0) is 19.9 Å². The molecule has 0 aliphatic heterocycles. The van der Waals surface area contributed by atoms with Crippen LogP contribution in [0.25, 0.3) is 0 Å². The van der Waals surface area contributed by atoms with E-state index < -0.39 is 37.4 Å². The normalized spacial score (nSPS) is 10.9. The predicted octanol–water partition coefficient (Wildman–Crippen LogP) is 1.64. The molecule has 0 aromatic carbocycles. The van der Waals surface area contributed by atoms with Crippen molar-refractivity contribution in [2.75, 3.05) is 18.3 Å². The van der Waals surface area contributed by atoms with Gasteiger partial charge in [0.25, 0.3) is 0 Å². The van der Waals surface area contributed by atoms with Crippen molar-refractivity contribution in [2.45, 2.75) is 0 Å². The number of carboxylic acid groups (broad SMARTS) is 1. The standard InChI is InChI=1S/C6H6BrNO3S2.C4H2BrNO2S.CH5NO2S/c1-13(10,11)3-4(9)6-8-5(7)2-12-6;5-2-1-9-3(6-2)4(7)8;1-5(2,3)4/h2H,3H2,1H3;1H,(H,7,8);1H3,(H2,2,3,4). The number of halogens is 2. The lowest BCUT2D eigenvalue weighted by Crippen LogP contribution is -2.14. The molecule has 0 saturated heterocycles. The Morgan fingerprint density at radius 1 is 1.04 bits per heavy atom. The molecule has 27 heavy (non-hydrogen) atoms. The number of thiazole rings is 2. The van der Waals surface area contributed by atoms with Crippen LogP contribution in [0.4, 0.5) is 0 Å². The summed E-state index contributed by atoms with van der Waals surface area (Å²) in [5.74, 6) is -1.92. The molecule has 2 aromatic rings. The Kier molecular flexibility index (Phi) is 11.0. The highest BCUT2D eigenvalue weighted by molar-refractivity contribution is 9.10. The molecule has 0 aliphatic carbocycles. The average molecular weight is 587 g/mol. The van der Waals surface area contributed by atoms with E-state index in [0.717, 1.165) is 35.2 Å². The van der Waals surface area contributed by atoms with Crippen molar-refractivity contribution in [3.63, 3.8) is 0 Å². The number of aromatic carboxylic acids is 1. The number of ketones is 1. The van der Waals surface area contributed by atoms with Crippen LogP contribution in [-0.4, -0.2) is 61.9 Å². The Hall–Kier alpha value is -0.780. The van der Waals surface area contributed by atoms with Crippen LogP contribution in [0.2, 0.25) is 0 Å². The first-order chi connectivity index (χ1) is 12.1. The Labute approximate surface area is 180 Å². The fourth-order valence-electron chi connectivity index (χ4n) is 1.03. The van der Waals surface area contributed by atoms with Crippen LogP contribution in [0.5, 0.6) is 0 Å². The van der Waals surface area contributed by atoms with E-state index >= 15 is 0 Å². The maximum absolute atomic E-state index is 11.2. The third-order valence-electron chi connectivity index (χ3n) is 1.77. The van der Waals surface area contributed by atoms with E-state index in [1.807, 2.05) is 0 Å². The zero-order valence-electron chi connectivity index (χ0n) is 13.6. The summed E-state index contributed by atoms with van der Waals surface area (Å²) in [5, 5.41) is 16.2. The molecule has 0 amide bonds. The van der Waals surface area contributed by atoms with Crippen LogP contribution in [0, 0.1) is 0 Å². The van der Waals surface area contributed by atoms with Crippen LogP contribution in [0.1, 0.15) is 19.6 Å². The van der Waals surface area contributed by atoms with Crippen molar-refractivity contribution in [3.05, 3.63) is 30.0 Å². The van der Waals surface area contributed by atoms with Gasteiger partial charge in [-0.25, -0.2) is 36.7 Å². The number of primary sulfonamides is 1. The molecule has 0 radical (unpaired) electrons. The van der Waals surface area contributed by atoms with Crippen molar-refractivity contribution in [3.8, 4) is 0 Å². The number of carbonyl (C=O) groups excluding carboxylic acids is 1. The smallest absolute Gasteiger partial charge is 0.365 e. The number of carbonyl (C=O) groups is 2. The summed E-state index contributed by atoms with van der Waals surface area (Å²) < 4.78 is 41.5. The van der Waals surface area contributed by atoms with Gasteiger partial charge in [-0.2, -0.15) is 0 Å². The van der Waals surface area contributed by atoms with Gasteiger partial charge in [-0.1, -0.05) is 0 Å². The number of hydrogen-bond acceptors (Lipinski definition) is 10. The van der Waals surface area contributed by atoms with E-state index in [1.165, 1.54) is 0 Å². The van der Waals surface area contributed by atoms with E-state index in [9.17, 15) is 26.4 Å². The first-order valence-corrected chi connectivity index (χ1v) is 13.6. The summed E-state index contributed by atoms with van der Waals surface area (Å²) in [6, 6.07) is 0. The zero-order valence-corrected chi connectivity index (χ0v) is 20.1. The summed E-state index contributed by atoms with van der Waals surface area (Å²) in [6.45, 7) is 0. The van der Waals surface area contributed by atoms with Gasteiger partial charge in [0.2, 0.25) is 20.8 Å². The summed E-state index contributed by atoms with van der Waals surface area (Å²) in [4.78, 5) is 28.8. The second-order valence-corrected chi connectivity index (χ2v) is 11.7. The molecule has 0 atom stereocenters. The van der Waals surface area contributed by atoms with E-state index in [2.05, 4.69) is 47.0 Å². The molecule has 0 aliphatic rings. The number of nitrogens with zero attached hydrogens (tertiary/aromatic N) is 2. The van der Waals surface area contributed by atoms with Gasteiger partial charge in [0.05, 0.1) is 6.26 Å². The van der Waals surface area contributed by atoms with Gasteiger partial charge in [0.1, 0.15) is 15.0 Å². The first kappa shape index (κ1) is 26.2. The molecule has 2 heterocycles. The Morgan fingerprint density at radius 3 is 1.63 bits per heavy atom. The number of aromatic nitrogens is 2. The summed E-state index contributed by atoms with van der Waals surface area (Å²) in [6.07, 6.45) is 1.96. The molecule has 2 aromatic heterocycles. The summed E-state index contributed by atoms with van der Waals surface area (Å²) >= 11 is 8.34. The van der Waals surface area contributed by atoms with Crippen molar-refractivity contribution in [2.24, 2.45) is 5.14 Å². The molecule has 2 rings (SSSR count). The van der Waals surface area contributed by atoms with Gasteiger partial charge in [-0.05, 0) is 31.9 Å². The number of hydrogen-bond donors (Lipinski definition) is 2. The van der Waals surface area contributed by atoms with E-state index in [-0.39, 0.29) is 10.0 Å². The van der Waals surface area contributed by atoms with E-state index in [1.54, 1.807) is 10.8 Å². The SMILES string of the molecule is CS(=O)(=O)CC(=O)c1nc(Br)cs1.CS(N)(=O)=O.O=C(O)c1nc(Br)cs1. The summed E-state index contributed by atoms with van der Waals surface area (Å²) in [5.41, 5.74) is 0. The summed E-state index contributed by atoms with van der Waals surface area (Å²) in [7, 11) is -6.43. The molecule has 0 bridgehead atoms. The Bertz CT molecular complexity index is 991. The van der Waals surface area contributed by atoms with Gasteiger partial charge in [0, 0.05) is 17.0 Å². The van der Waals surface area contributed by atoms with Gasteiger partial charge >= 0.3 is 5.97 Å². The van der Waals surface area contributed by atoms with Gasteiger partial charge < -0.3 is 5.11 Å². The van der Waals surface area contributed by atoms with Gasteiger partial charge in [-0.15, -0.1) is 22.7 Å². The topological polar surface area (TPSA) is 174 Å². The lowest BCUT2D eigenvalue weighted by Gasteiger charge is -1.92. The maximum Gasteiger partial charge on any atom is 0.365 e.